The third kappa shape index (κ3) is 1.21. The molecular formula is C8H8N4O2. The van der Waals surface area contributed by atoms with Gasteiger partial charge < -0.3 is 10.8 Å². The van der Waals surface area contributed by atoms with E-state index in [4.69, 9.17) is 10.8 Å². The number of aromatic carboxylic acids is 1. The first-order valence-corrected chi connectivity index (χ1v) is 3.99. The molecule has 0 amide bonds. The Morgan fingerprint density at radius 1 is 1.64 bits per heavy atom. The number of aromatic nitrogens is 3. The summed E-state index contributed by atoms with van der Waals surface area (Å²) < 4.78 is 1.49. The number of nitrogens with zero attached hydrogens (tertiary/aromatic N) is 3. The van der Waals surface area contributed by atoms with Crippen LogP contribution >= 0.6 is 0 Å². The number of hydrogen-bond acceptors (Lipinski definition) is 4. The number of fused-ring (bicyclic) bond motifs is 1. The van der Waals surface area contributed by atoms with Gasteiger partial charge in [-0.3, -0.25) is 0 Å². The molecule has 0 bridgehead atoms. The van der Waals surface area contributed by atoms with Crippen LogP contribution in [0.5, 0.6) is 0 Å². The molecule has 2 aromatic heterocycles. The van der Waals surface area contributed by atoms with Gasteiger partial charge in [-0.2, -0.15) is 5.10 Å². The molecule has 0 fully saturated rings. The monoisotopic (exact) mass is 192 g/mol. The molecule has 0 saturated carbocycles. The molecule has 2 aromatic rings. The third-order valence-corrected chi connectivity index (χ3v) is 1.88. The largest absolute Gasteiger partial charge is 0.477 e. The Balaban J connectivity index is 2.67. The van der Waals surface area contributed by atoms with Crippen molar-refractivity contribution in [2.45, 2.75) is 6.54 Å². The summed E-state index contributed by atoms with van der Waals surface area (Å²) in [6.45, 7) is 0.291. The van der Waals surface area contributed by atoms with Crippen LogP contribution in [0.25, 0.3) is 5.65 Å². The van der Waals surface area contributed by atoms with E-state index in [9.17, 15) is 4.79 Å². The van der Waals surface area contributed by atoms with Crippen molar-refractivity contribution < 1.29 is 9.90 Å². The average Bonchev–Trinajstić information content (AvgIpc) is 2.59. The van der Waals surface area contributed by atoms with E-state index in [1.165, 1.54) is 10.6 Å². The van der Waals surface area contributed by atoms with Gasteiger partial charge in [-0.15, -0.1) is 0 Å². The smallest absolute Gasteiger partial charge is 0.354 e. The first-order valence-electron chi connectivity index (χ1n) is 3.99. The Labute approximate surface area is 79.0 Å². The van der Waals surface area contributed by atoms with E-state index < -0.39 is 5.97 Å². The van der Waals surface area contributed by atoms with Crippen LogP contribution in [0.4, 0.5) is 0 Å². The van der Waals surface area contributed by atoms with Crippen molar-refractivity contribution in [2.24, 2.45) is 5.73 Å². The van der Waals surface area contributed by atoms with Gasteiger partial charge in [0.15, 0.2) is 11.3 Å². The van der Waals surface area contributed by atoms with Crippen LogP contribution < -0.4 is 5.73 Å². The Bertz CT molecular complexity index is 491. The average molecular weight is 192 g/mol. The molecular weight excluding hydrogens is 184 g/mol. The zero-order valence-electron chi connectivity index (χ0n) is 7.21. The van der Waals surface area contributed by atoms with Crippen LogP contribution in [0.15, 0.2) is 18.5 Å². The predicted octanol–water partition coefficient (Wildman–Crippen LogP) is -0.114. The minimum Gasteiger partial charge on any atom is -0.477 e. The molecule has 6 nitrogen and oxygen atoms in total. The highest BCUT2D eigenvalue weighted by Crippen LogP contribution is 2.07. The fourth-order valence-corrected chi connectivity index (χ4v) is 1.18. The summed E-state index contributed by atoms with van der Waals surface area (Å²) in [5.74, 6) is -1.06. The Kier molecular flexibility index (Phi) is 1.90. The molecule has 0 radical (unpaired) electrons. The quantitative estimate of drug-likeness (QED) is 0.692. The number of nitrogens with two attached hydrogens (primary N) is 1. The normalized spacial score (nSPS) is 10.6. The molecule has 0 atom stereocenters. The maximum absolute atomic E-state index is 10.6. The van der Waals surface area contributed by atoms with E-state index in [2.05, 4.69) is 10.1 Å². The van der Waals surface area contributed by atoms with Gasteiger partial charge in [-0.25, -0.2) is 14.3 Å². The molecule has 0 aromatic carbocycles. The molecule has 2 heterocycles. The van der Waals surface area contributed by atoms with Crippen molar-refractivity contribution in [3.8, 4) is 0 Å². The fraction of sp³-hybridized carbons (Fsp3) is 0.125. The van der Waals surface area contributed by atoms with Gasteiger partial charge in [0.2, 0.25) is 0 Å². The van der Waals surface area contributed by atoms with Gasteiger partial charge in [-0.05, 0) is 6.07 Å². The van der Waals surface area contributed by atoms with Gasteiger partial charge in [0.25, 0.3) is 0 Å². The summed E-state index contributed by atoms with van der Waals surface area (Å²) in [6, 6.07) is 1.39. The van der Waals surface area contributed by atoms with E-state index >= 15 is 0 Å². The van der Waals surface area contributed by atoms with Crippen molar-refractivity contribution in [3.63, 3.8) is 0 Å². The van der Waals surface area contributed by atoms with Crippen LogP contribution in [-0.4, -0.2) is 25.7 Å². The number of carbonyl (C=O) groups is 1. The van der Waals surface area contributed by atoms with E-state index in [0.29, 0.717) is 12.2 Å². The zero-order valence-corrected chi connectivity index (χ0v) is 7.21. The van der Waals surface area contributed by atoms with E-state index in [1.807, 2.05) is 0 Å². The molecule has 72 valence electrons. The molecule has 0 saturated heterocycles. The lowest BCUT2D eigenvalue weighted by Gasteiger charge is -1.96. The van der Waals surface area contributed by atoms with Crippen molar-refractivity contribution in [1.82, 2.24) is 14.6 Å². The second-order valence-electron chi connectivity index (χ2n) is 2.76. The molecule has 3 N–H and O–H groups in total. The van der Waals surface area contributed by atoms with Gasteiger partial charge in [-0.1, -0.05) is 0 Å². The molecule has 2 rings (SSSR count). The first-order chi connectivity index (χ1) is 6.72. The summed E-state index contributed by atoms with van der Waals surface area (Å²) in [5.41, 5.74) is 6.66. The first kappa shape index (κ1) is 8.64. The Morgan fingerprint density at radius 2 is 2.43 bits per heavy atom. The van der Waals surface area contributed by atoms with Crippen molar-refractivity contribution in [3.05, 3.63) is 29.7 Å². The lowest BCUT2D eigenvalue weighted by Crippen LogP contribution is -2.04. The number of rotatable bonds is 2. The van der Waals surface area contributed by atoms with E-state index in [1.54, 1.807) is 12.4 Å². The van der Waals surface area contributed by atoms with Gasteiger partial charge in [0, 0.05) is 18.3 Å². The standard InChI is InChI=1S/C8H8N4O2/c9-3-5-4-10-12-2-1-6(8(13)14)11-7(5)12/h1-2,4H,3,9H2,(H,13,14). The number of carboxylic acids is 1. The topological polar surface area (TPSA) is 93.5 Å². The van der Waals surface area contributed by atoms with Crippen LogP contribution in [0, 0.1) is 0 Å². The lowest BCUT2D eigenvalue weighted by molar-refractivity contribution is 0.0690. The maximum Gasteiger partial charge on any atom is 0.354 e. The van der Waals surface area contributed by atoms with Crippen molar-refractivity contribution in [1.29, 1.82) is 0 Å². The third-order valence-electron chi connectivity index (χ3n) is 1.88. The molecule has 6 heteroatoms. The highest BCUT2D eigenvalue weighted by Gasteiger charge is 2.08. The number of hydrogen-bond donors (Lipinski definition) is 2. The van der Waals surface area contributed by atoms with Crippen LogP contribution in [0.3, 0.4) is 0 Å². The Morgan fingerprint density at radius 3 is 3.07 bits per heavy atom. The molecule has 0 unspecified atom stereocenters. The predicted molar refractivity (Wildman–Crippen MR) is 47.8 cm³/mol. The Hall–Kier alpha value is -1.95. The molecule has 0 spiro atoms. The minimum atomic E-state index is -1.06. The molecule has 0 aliphatic carbocycles. The molecule has 0 aliphatic heterocycles. The maximum atomic E-state index is 10.6. The minimum absolute atomic E-state index is 0.00676. The fourth-order valence-electron chi connectivity index (χ4n) is 1.18. The summed E-state index contributed by atoms with van der Waals surface area (Å²) in [4.78, 5) is 14.6. The highest BCUT2D eigenvalue weighted by molar-refractivity contribution is 5.85. The second-order valence-corrected chi connectivity index (χ2v) is 2.76. The highest BCUT2D eigenvalue weighted by atomic mass is 16.4. The van der Waals surface area contributed by atoms with E-state index in [-0.39, 0.29) is 5.69 Å². The van der Waals surface area contributed by atoms with Crippen molar-refractivity contribution >= 4 is 11.6 Å². The van der Waals surface area contributed by atoms with Crippen molar-refractivity contribution in [2.75, 3.05) is 0 Å². The summed E-state index contributed by atoms with van der Waals surface area (Å²) in [5, 5.41) is 12.7. The van der Waals surface area contributed by atoms with E-state index in [0.717, 1.165) is 5.56 Å². The SMILES string of the molecule is NCc1cnn2ccc(C(=O)O)nc12. The van der Waals surface area contributed by atoms with Crippen LogP contribution in [0.2, 0.25) is 0 Å². The zero-order chi connectivity index (χ0) is 10.1. The summed E-state index contributed by atoms with van der Waals surface area (Å²) in [7, 11) is 0. The van der Waals surface area contributed by atoms with Crippen LogP contribution in [0.1, 0.15) is 16.1 Å². The second kappa shape index (κ2) is 3.08. The van der Waals surface area contributed by atoms with Gasteiger partial charge >= 0.3 is 5.97 Å². The molecule has 0 aliphatic rings. The summed E-state index contributed by atoms with van der Waals surface area (Å²) >= 11 is 0. The molecule has 14 heavy (non-hydrogen) atoms. The summed E-state index contributed by atoms with van der Waals surface area (Å²) in [6.07, 6.45) is 3.12. The lowest BCUT2D eigenvalue weighted by atomic mass is 10.3. The van der Waals surface area contributed by atoms with Gasteiger partial charge in [0.05, 0.1) is 6.20 Å². The van der Waals surface area contributed by atoms with Crippen LogP contribution in [-0.2, 0) is 6.54 Å². The number of carboxylic acid groups (broad SMARTS) is 1. The van der Waals surface area contributed by atoms with Gasteiger partial charge in [0.1, 0.15) is 0 Å².